The second-order valence-electron chi connectivity index (χ2n) is 7.32. The summed E-state index contributed by atoms with van der Waals surface area (Å²) in [5, 5.41) is 0. The molecule has 0 saturated carbocycles. The van der Waals surface area contributed by atoms with Crippen LogP contribution < -0.4 is 0 Å². The van der Waals surface area contributed by atoms with Gasteiger partial charge >= 0.3 is 5.97 Å². The van der Waals surface area contributed by atoms with Crippen molar-refractivity contribution in [2.24, 2.45) is 0 Å². The van der Waals surface area contributed by atoms with E-state index < -0.39 is 5.97 Å². The second-order valence-corrected chi connectivity index (χ2v) is 7.32. The van der Waals surface area contributed by atoms with Crippen LogP contribution in [-0.4, -0.2) is 47.3 Å². The second kappa shape index (κ2) is 10.2. The Morgan fingerprint density at radius 1 is 1.07 bits per heavy atom. The molecule has 0 unspecified atom stereocenters. The molecule has 0 spiro atoms. The van der Waals surface area contributed by atoms with E-state index in [0.717, 1.165) is 11.3 Å². The number of Topliss-reactive ketones (excluding diaryl/α,β-unsaturated/α-hetero) is 1. The summed E-state index contributed by atoms with van der Waals surface area (Å²) in [6.45, 7) is 10.3. The number of esters is 1. The van der Waals surface area contributed by atoms with Gasteiger partial charge in [0.05, 0.1) is 19.6 Å². The fourth-order valence-electron chi connectivity index (χ4n) is 4.12. The van der Waals surface area contributed by atoms with Crippen LogP contribution in [0.5, 0.6) is 0 Å². The van der Waals surface area contributed by atoms with Gasteiger partial charge in [-0.15, -0.1) is 0 Å². The predicted octanol–water partition coefficient (Wildman–Crippen LogP) is 4.14. The summed E-state index contributed by atoms with van der Waals surface area (Å²) >= 11 is 0. The molecule has 1 atom stereocenters. The Balaban J connectivity index is 2.34. The molecule has 1 aromatic carbocycles. The van der Waals surface area contributed by atoms with E-state index in [-0.39, 0.29) is 24.2 Å². The van der Waals surface area contributed by atoms with Crippen molar-refractivity contribution in [1.29, 1.82) is 0 Å². The summed E-state index contributed by atoms with van der Waals surface area (Å²) in [7, 11) is 1.33. The van der Waals surface area contributed by atoms with E-state index in [4.69, 9.17) is 4.74 Å². The molecule has 2 rings (SSSR count). The van der Waals surface area contributed by atoms with Crippen LogP contribution in [0.15, 0.2) is 30.3 Å². The van der Waals surface area contributed by atoms with Gasteiger partial charge in [-0.05, 0) is 45.2 Å². The van der Waals surface area contributed by atoms with Crippen molar-refractivity contribution in [1.82, 2.24) is 9.47 Å². The lowest BCUT2D eigenvalue weighted by molar-refractivity contribution is -0.132. The molecule has 6 heteroatoms. The van der Waals surface area contributed by atoms with Crippen LogP contribution >= 0.6 is 0 Å². The van der Waals surface area contributed by atoms with E-state index in [1.54, 1.807) is 16.4 Å². The van der Waals surface area contributed by atoms with Crippen LogP contribution in [0.4, 0.5) is 0 Å². The van der Waals surface area contributed by atoms with Gasteiger partial charge in [0.15, 0.2) is 5.78 Å². The number of rotatable bonds is 9. The molecule has 0 aliphatic heterocycles. The van der Waals surface area contributed by atoms with E-state index in [2.05, 4.69) is 0 Å². The summed E-state index contributed by atoms with van der Waals surface area (Å²) < 4.78 is 6.70. The van der Waals surface area contributed by atoms with Crippen molar-refractivity contribution >= 4 is 17.7 Å². The van der Waals surface area contributed by atoms with Gasteiger partial charge < -0.3 is 14.2 Å². The highest BCUT2D eigenvalue weighted by Gasteiger charge is 2.29. The Morgan fingerprint density at radius 2 is 1.70 bits per heavy atom. The van der Waals surface area contributed by atoms with Crippen LogP contribution in [0.3, 0.4) is 0 Å². The third-order valence-corrected chi connectivity index (χ3v) is 5.68. The summed E-state index contributed by atoms with van der Waals surface area (Å²) in [5.74, 6) is -0.972. The van der Waals surface area contributed by atoms with E-state index in [9.17, 15) is 14.4 Å². The molecule has 1 amide bonds. The molecule has 1 aromatic heterocycles. The number of ether oxygens (including phenoxy) is 1. The molecule has 0 saturated heterocycles. The number of likely N-dealkylation sites (N-methyl/N-ethyl adjacent to an activating group) is 1. The van der Waals surface area contributed by atoms with Crippen molar-refractivity contribution in [3.05, 3.63) is 58.4 Å². The minimum absolute atomic E-state index is 0.0192. The lowest BCUT2D eigenvalue weighted by atomic mass is 9.94. The maximum absolute atomic E-state index is 13.2. The molecule has 162 valence electrons. The van der Waals surface area contributed by atoms with Crippen molar-refractivity contribution in [2.75, 3.05) is 20.2 Å². The van der Waals surface area contributed by atoms with Crippen LogP contribution in [0.1, 0.15) is 70.8 Å². The third kappa shape index (κ3) is 4.48. The number of amides is 1. The fourth-order valence-corrected chi connectivity index (χ4v) is 4.12. The number of benzene rings is 1. The first kappa shape index (κ1) is 23.4. The molecule has 30 heavy (non-hydrogen) atoms. The number of carbonyl (C=O) groups is 3. The van der Waals surface area contributed by atoms with Gasteiger partial charge in [0.1, 0.15) is 5.69 Å². The molecule has 0 N–H and O–H groups in total. The minimum Gasteiger partial charge on any atom is -0.464 e. The molecule has 0 aliphatic rings. The number of carbonyl (C=O) groups excluding carboxylic acids is 3. The topological polar surface area (TPSA) is 68.6 Å². The largest absolute Gasteiger partial charge is 0.464 e. The van der Waals surface area contributed by atoms with E-state index >= 15 is 0 Å². The van der Waals surface area contributed by atoms with Crippen molar-refractivity contribution in [2.45, 2.75) is 53.5 Å². The standard InChI is InChI=1S/C24H32N2O4/c1-7-19(18-13-11-10-12-14-18)23(28)25(8-2)15-20(27)21-16(4)22(24(29)30-6)26(9-3)17(21)5/h10-14,19H,7-9,15H2,1-6H3/t19-/m1/s1. The monoisotopic (exact) mass is 412 g/mol. The van der Waals surface area contributed by atoms with Gasteiger partial charge in [0, 0.05) is 24.3 Å². The highest BCUT2D eigenvalue weighted by molar-refractivity contribution is 6.05. The third-order valence-electron chi connectivity index (χ3n) is 5.68. The average molecular weight is 413 g/mol. The SMILES string of the molecule is CC[C@@H](C(=O)N(CC)CC(=O)c1c(C)c(C(=O)OC)n(CC)c1C)c1ccccc1. The maximum Gasteiger partial charge on any atom is 0.354 e. The lowest BCUT2D eigenvalue weighted by Crippen LogP contribution is -2.39. The van der Waals surface area contributed by atoms with Crippen molar-refractivity contribution in [3.8, 4) is 0 Å². The van der Waals surface area contributed by atoms with Gasteiger partial charge in [-0.1, -0.05) is 37.3 Å². The smallest absolute Gasteiger partial charge is 0.354 e. The first-order chi connectivity index (χ1) is 14.3. The maximum atomic E-state index is 13.2. The first-order valence-electron chi connectivity index (χ1n) is 10.5. The normalized spacial score (nSPS) is 11.8. The Kier molecular flexibility index (Phi) is 7.98. The minimum atomic E-state index is -0.463. The number of ketones is 1. The highest BCUT2D eigenvalue weighted by Crippen LogP contribution is 2.26. The molecule has 2 aromatic rings. The van der Waals surface area contributed by atoms with E-state index in [1.165, 1.54) is 7.11 Å². The fraction of sp³-hybridized carbons (Fsp3) is 0.458. The molecule has 0 fully saturated rings. The summed E-state index contributed by atoms with van der Waals surface area (Å²) in [6, 6.07) is 9.65. The molecule has 0 bridgehead atoms. The Hall–Kier alpha value is -2.89. The molecule has 0 aliphatic carbocycles. The highest BCUT2D eigenvalue weighted by atomic mass is 16.5. The molecule has 1 heterocycles. The zero-order valence-corrected chi connectivity index (χ0v) is 18.8. The zero-order valence-electron chi connectivity index (χ0n) is 18.8. The Morgan fingerprint density at radius 3 is 2.20 bits per heavy atom. The zero-order chi connectivity index (χ0) is 22.4. The van der Waals surface area contributed by atoms with Gasteiger partial charge in [-0.3, -0.25) is 9.59 Å². The van der Waals surface area contributed by atoms with Crippen molar-refractivity contribution < 1.29 is 19.1 Å². The van der Waals surface area contributed by atoms with E-state index in [1.807, 2.05) is 58.0 Å². The molecule has 0 radical (unpaired) electrons. The van der Waals surface area contributed by atoms with Crippen LogP contribution in [-0.2, 0) is 16.1 Å². The summed E-state index contributed by atoms with van der Waals surface area (Å²) in [5.41, 5.74) is 3.17. The molecule has 6 nitrogen and oxygen atoms in total. The van der Waals surface area contributed by atoms with Gasteiger partial charge in [-0.25, -0.2) is 4.79 Å². The lowest BCUT2D eigenvalue weighted by Gasteiger charge is -2.25. The summed E-state index contributed by atoms with van der Waals surface area (Å²) in [6.07, 6.45) is 0.657. The summed E-state index contributed by atoms with van der Waals surface area (Å²) in [4.78, 5) is 40.3. The Bertz CT molecular complexity index is 915. The number of methoxy groups -OCH3 is 1. The van der Waals surface area contributed by atoms with Crippen LogP contribution in [0.2, 0.25) is 0 Å². The van der Waals surface area contributed by atoms with Crippen molar-refractivity contribution in [3.63, 3.8) is 0 Å². The first-order valence-corrected chi connectivity index (χ1v) is 10.5. The average Bonchev–Trinajstić information content (AvgIpc) is 3.01. The number of aromatic nitrogens is 1. The van der Waals surface area contributed by atoms with E-state index in [0.29, 0.717) is 36.3 Å². The quantitative estimate of drug-likeness (QED) is 0.459. The van der Waals surface area contributed by atoms with Gasteiger partial charge in [0.25, 0.3) is 0 Å². The van der Waals surface area contributed by atoms with Gasteiger partial charge in [0.2, 0.25) is 5.91 Å². The van der Waals surface area contributed by atoms with Gasteiger partial charge in [-0.2, -0.15) is 0 Å². The molecular weight excluding hydrogens is 380 g/mol. The Labute approximate surface area is 178 Å². The van der Waals surface area contributed by atoms with Crippen LogP contribution in [0, 0.1) is 13.8 Å². The molecular formula is C24H32N2O4. The number of hydrogen-bond acceptors (Lipinski definition) is 4. The predicted molar refractivity (Wildman–Crippen MR) is 117 cm³/mol. The number of nitrogens with zero attached hydrogens (tertiary/aromatic N) is 2. The number of hydrogen-bond donors (Lipinski definition) is 0. The van der Waals surface area contributed by atoms with Crippen LogP contribution in [0.25, 0.3) is 0 Å².